The van der Waals surface area contributed by atoms with Gasteiger partial charge in [0.05, 0.1) is 19.1 Å². The third-order valence-electron chi connectivity index (χ3n) is 3.81. The molecule has 0 spiro atoms. The zero-order chi connectivity index (χ0) is 19.3. The monoisotopic (exact) mass is 365 g/mol. The highest BCUT2D eigenvalue weighted by molar-refractivity contribution is 5.94. The Morgan fingerprint density at radius 2 is 1.73 bits per heavy atom. The lowest BCUT2D eigenvalue weighted by Gasteiger charge is -2.11. The fraction of sp³-hybridized carbons (Fsp3) is 0.263. The van der Waals surface area contributed by atoms with Gasteiger partial charge in [0.1, 0.15) is 5.75 Å². The molecule has 0 atom stereocenters. The first-order valence-electron chi connectivity index (χ1n) is 7.81. The normalized spacial score (nSPS) is 11.1. The number of carbonyl (C=O) groups is 2. The minimum absolute atomic E-state index is 0.00900. The Hall–Kier alpha value is -2.83. The number of alkyl halides is 3. The van der Waals surface area contributed by atoms with Gasteiger partial charge in [-0.25, -0.2) is 0 Å². The lowest BCUT2D eigenvalue weighted by molar-refractivity contribution is -0.137. The molecule has 0 fully saturated rings. The minimum atomic E-state index is -4.39. The molecule has 0 aliphatic rings. The number of ketones is 1. The van der Waals surface area contributed by atoms with E-state index in [4.69, 9.17) is 4.74 Å². The molecule has 0 aliphatic carbocycles. The molecule has 0 radical (unpaired) electrons. The molecule has 1 amide bonds. The van der Waals surface area contributed by atoms with Gasteiger partial charge in [-0.15, -0.1) is 0 Å². The molecule has 4 nitrogen and oxygen atoms in total. The molecule has 26 heavy (non-hydrogen) atoms. The van der Waals surface area contributed by atoms with Crippen molar-refractivity contribution in [3.63, 3.8) is 0 Å². The maximum Gasteiger partial charge on any atom is 0.416 e. The van der Waals surface area contributed by atoms with Crippen LogP contribution in [0.3, 0.4) is 0 Å². The number of carbonyl (C=O) groups excluding carboxylic acids is 2. The zero-order valence-electron chi connectivity index (χ0n) is 14.3. The summed E-state index contributed by atoms with van der Waals surface area (Å²) in [6.07, 6.45) is -4.40. The van der Waals surface area contributed by atoms with Crippen molar-refractivity contribution in [2.75, 3.05) is 7.11 Å². The van der Waals surface area contributed by atoms with E-state index >= 15 is 0 Å². The van der Waals surface area contributed by atoms with E-state index in [1.54, 1.807) is 18.2 Å². The molecule has 0 aromatic heterocycles. The van der Waals surface area contributed by atoms with E-state index in [9.17, 15) is 22.8 Å². The van der Waals surface area contributed by atoms with Crippen molar-refractivity contribution in [2.45, 2.75) is 26.1 Å². The molecule has 2 aromatic carbocycles. The summed E-state index contributed by atoms with van der Waals surface area (Å²) in [7, 11) is 1.46. The van der Waals surface area contributed by atoms with Crippen LogP contribution in [0.15, 0.2) is 42.5 Å². The van der Waals surface area contributed by atoms with Crippen molar-refractivity contribution >= 4 is 11.7 Å². The maximum atomic E-state index is 12.5. The number of hydrogen-bond acceptors (Lipinski definition) is 3. The smallest absolute Gasteiger partial charge is 0.416 e. The molecule has 2 rings (SSSR count). The van der Waals surface area contributed by atoms with Gasteiger partial charge < -0.3 is 10.1 Å². The SMILES string of the molecule is COc1ccc(C(C)=O)cc1CC(=O)NCc1ccc(C(F)(F)F)cc1. The molecular formula is C19H18F3NO3. The second kappa shape index (κ2) is 8.03. The van der Waals surface area contributed by atoms with Crippen LogP contribution < -0.4 is 10.1 Å². The predicted molar refractivity (Wildman–Crippen MR) is 90.0 cm³/mol. The first-order valence-corrected chi connectivity index (χ1v) is 7.81. The van der Waals surface area contributed by atoms with Gasteiger partial charge in [-0.3, -0.25) is 9.59 Å². The van der Waals surface area contributed by atoms with Crippen molar-refractivity contribution < 1.29 is 27.5 Å². The van der Waals surface area contributed by atoms with Crippen LogP contribution in [-0.2, 0) is 23.9 Å². The van der Waals surface area contributed by atoms with E-state index in [0.29, 0.717) is 22.4 Å². The minimum Gasteiger partial charge on any atom is -0.496 e. The molecule has 2 aromatic rings. The fourth-order valence-electron chi connectivity index (χ4n) is 2.38. The number of rotatable bonds is 6. The molecule has 0 bridgehead atoms. The van der Waals surface area contributed by atoms with Gasteiger partial charge in [0, 0.05) is 17.7 Å². The van der Waals surface area contributed by atoms with Crippen LogP contribution in [-0.4, -0.2) is 18.8 Å². The number of Topliss-reactive ketones (excluding diaryl/α,β-unsaturated/α-hetero) is 1. The Labute approximate surface area is 149 Å². The second-order valence-corrected chi connectivity index (χ2v) is 5.73. The number of benzene rings is 2. The third kappa shape index (κ3) is 5.08. The third-order valence-corrected chi connectivity index (χ3v) is 3.81. The van der Waals surface area contributed by atoms with E-state index in [1.807, 2.05) is 0 Å². The summed E-state index contributed by atoms with van der Waals surface area (Å²) in [6.45, 7) is 1.53. The second-order valence-electron chi connectivity index (χ2n) is 5.73. The van der Waals surface area contributed by atoms with Crippen LogP contribution in [0, 0.1) is 0 Å². The zero-order valence-corrected chi connectivity index (χ0v) is 14.3. The number of halogens is 3. The predicted octanol–water partition coefficient (Wildman–Crippen LogP) is 3.78. The van der Waals surface area contributed by atoms with E-state index in [2.05, 4.69) is 5.32 Å². The van der Waals surface area contributed by atoms with Crippen LogP contribution >= 0.6 is 0 Å². The lowest BCUT2D eigenvalue weighted by atomic mass is 10.0. The molecule has 0 unspecified atom stereocenters. The van der Waals surface area contributed by atoms with E-state index in [1.165, 1.54) is 26.2 Å². The number of hydrogen-bond donors (Lipinski definition) is 1. The number of ether oxygens (including phenoxy) is 1. The Kier molecular flexibility index (Phi) is 6.02. The number of methoxy groups -OCH3 is 1. The Bertz CT molecular complexity index is 799. The summed E-state index contributed by atoms with van der Waals surface area (Å²) in [5, 5.41) is 2.64. The van der Waals surface area contributed by atoms with Crippen LogP contribution in [0.4, 0.5) is 13.2 Å². The van der Waals surface area contributed by atoms with Crippen LogP contribution in [0.5, 0.6) is 5.75 Å². The van der Waals surface area contributed by atoms with Crippen molar-refractivity contribution in [2.24, 2.45) is 0 Å². The number of amides is 1. The standard InChI is InChI=1S/C19H18F3NO3/c1-12(24)14-5-8-17(26-2)15(9-14)10-18(25)23-11-13-3-6-16(7-4-13)19(20,21)22/h3-9H,10-11H2,1-2H3,(H,23,25). The van der Waals surface area contributed by atoms with Crippen LogP contribution in [0.25, 0.3) is 0 Å². The van der Waals surface area contributed by atoms with Crippen molar-refractivity contribution in [3.05, 3.63) is 64.7 Å². The summed E-state index contributed by atoms with van der Waals surface area (Å²) >= 11 is 0. The Morgan fingerprint density at radius 1 is 1.08 bits per heavy atom. The van der Waals surface area contributed by atoms with Gasteiger partial charge in [0.2, 0.25) is 5.91 Å². The van der Waals surface area contributed by atoms with Crippen molar-refractivity contribution in [1.82, 2.24) is 5.32 Å². The van der Waals surface area contributed by atoms with Gasteiger partial charge in [-0.1, -0.05) is 12.1 Å². The average Bonchev–Trinajstić information content (AvgIpc) is 2.59. The Morgan fingerprint density at radius 3 is 2.27 bits per heavy atom. The molecule has 138 valence electrons. The highest BCUT2D eigenvalue weighted by Gasteiger charge is 2.29. The van der Waals surface area contributed by atoms with Crippen LogP contribution in [0.1, 0.15) is 34.0 Å². The molecule has 0 heterocycles. The molecule has 1 N–H and O–H groups in total. The fourth-order valence-corrected chi connectivity index (χ4v) is 2.38. The lowest BCUT2D eigenvalue weighted by Crippen LogP contribution is -2.25. The van der Waals surface area contributed by atoms with Gasteiger partial charge in [0.15, 0.2) is 5.78 Å². The Balaban J connectivity index is 2.01. The molecule has 7 heteroatoms. The van der Waals surface area contributed by atoms with Crippen molar-refractivity contribution in [3.8, 4) is 5.75 Å². The van der Waals surface area contributed by atoms with E-state index < -0.39 is 11.7 Å². The van der Waals surface area contributed by atoms with Gasteiger partial charge >= 0.3 is 6.18 Å². The highest BCUT2D eigenvalue weighted by Crippen LogP contribution is 2.29. The summed E-state index contributed by atoms with van der Waals surface area (Å²) in [4.78, 5) is 23.6. The van der Waals surface area contributed by atoms with Gasteiger partial charge in [-0.2, -0.15) is 13.2 Å². The summed E-state index contributed by atoms with van der Waals surface area (Å²) in [6, 6.07) is 9.42. The summed E-state index contributed by atoms with van der Waals surface area (Å²) in [5.74, 6) is 0.0302. The van der Waals surface area contributed by atoms with E-state index in [-0.39, 0.29) is 24.7 Å². The molecule has 0 saturated carbocycles. The molecular weight excluding hydrogens is 347 g/mol. The highest BCUT2D eigenvalue weighted by atomic mass is 19.4. The summed E-state index contributed by atoms with van der Waals surface area (Å²) < 4.78 is 42.8. The quantitative estimate of drug-likeness (QED) is 0.793. The first kappa shape index (κ1) is 19.5. The summed E-state index contributed by atoms with van der Waals surface area (Å²) in [5.41, 5.74) is 0.843. The first-order chi connectivity index (χ1) is 12.2. The number of nitrogens with one attached hydrogen (secondary N) is 1. The largest absolute Gasteiger partial charge is 0.496 e. The van der Waals surface area contributed by atoms with Gasteiger partial charge in [-0.05, 0) is 42.8 Å². The molecule has 0 aliphatic heterocycles. The van der Waals surface area contributed by atoms with Crippen LogP contribution in [0.2, 0.25) is 0 Å². The van der Waals surface area contributed by atoms with Gasteiger partial charge in [0.25, 0.3) is 0 Å². The molecule has 0 saturated heterocycles. The van der Waals surface area contributed by atoms with E-state index in [0.717, 1.165) is 12.1 Å². The topological polar surface area (TPSA) is 55.4 Å². The van der Waals surface area contributed by atoms with Crippen molar-refractivity contribution in [1.29, 1.82) is 0 Å². The maximum absolute atomic E-state index is 12.5. The average molecular weight is 365 g/mol.